The van der Waals surface area contributed by atoms with Crippen molar-refractivity contribution < 1.29 is 14.3 Å². The molecule has 0 aromatic carbocycles. The maximum Gasteiger partial charge on any atom is 0.256 e. The van der Waals surface area contributed by atoms with Crippen molar-refractivity contribution in [3.05, 3.63) is 17.8 Å². The minimum Gasteiger partial charge on any atom is -0.478 e. The molecule has 5 heteroatoms. The predicted molar refractivity (Wildman–Crippen MR) is 97.6 cm³/mol. The van der Waals surface area contributed by atoms with Crippen LogP contribution >= 0.6 is 0 Å². The number of amides is 1. The number of ether oxygens (including phenoxy) is 2. The van der Waals surface area contributed by atoms with Crippen LogP contribution in [0.25, 0.3) is 0 Å². The van der Waals surface area contributed by atoms with E-state index < -0.39 is 5.60 Å². The SMILES string of the molecule is CCCCCC(C)(OCCC)C(=O)Nc1ccc(OCC)nc1C. The Morgan fingerprint density at radius 1 is 1.21 bits per heavy atom. The minimum atomic E-state index is -0.809. The van der Waals surface area contributed by atoms with Gasteiger partial charge in [-0.05, 0) is 39.7 Å². The van der Waals surface area contributed by atoms with E-state index in [4.69, 9.17) is 9.47 Å². The number of carbonyl (C=O) groups is 1. The molecule has 24 heavy (non-hydrogen) atoms. The second-order valence-corrected chi connectivity index (χ2v) is 6.21. The lowest BCUT2D eigenvalue weighted by Gasteiger charge is -2.29. The highest BCUT2D eigenvalue weighted by Gasteiger charge is 2.33. The second-order valence-electron chi connectivity index (χ2n) is 6.21. The zero-order valence-electron chi connectivity index (χ0n) is 15.8. The van der Waals surface area contributed by atoms with Gasteiger partial charge in [-0.15, -0.1) is 0 Å². The van der Waals surface area contributed by atoms with E-state index >= 15 is 0 Å². The van der Waals surface area contributed by atoms with E-state index in [1.54, 1.807) is 6.07 Å². The van der Waals surface area contributed by atoms with Gasteiger partial charge < -0.3 is 14.8 Å². The molecule has 0 spiro atoms. The third-order valence-corrected chi connectivity index (χ3v) is 3.96. The number of aryl methyl sites for hydroxylation is 1. The lowest BCUT2D eigenvalue weighted by Crippen LogP contribution is -2.43. The van der Waals surface area contributed by atoms with Gasteiger partial charge in [0, 0.05) is 12.7 Å². The normalized spacial score (nSPS) is 13.4. The zero-order chi connectivity index (χ0) is 18.0. The summed E-state index contributed by atoms with van der Waals surface area (Å²) in [7, 11) is 0. The summed E-state index contributed by atoms with van der Waals surface area (Å²) in [5.41, 5.74) is 0.627. The largest absolute Gasteiger partial charge is 0.478 e. The molecule has 0 aliphatic carbocycles. The molecule has 0 fully saturated rings. The first kappa shape index (κ1) is 20.4. The number of aromatic nitrogens is 1. The monoisotopic (exact) mass is 336 g/mol. The molecular weight excluding hydrogens is 304 g/mol. The fourth-order valence-electron chi connectivity index (χ4n) is 2.44. The molecule has 0 bridgehead atoms. The Bertz CT molecular complexity index is 519. The highest BCUT2D eigenvalue weighted by Crippen LogP contribution is 2.24. The number of unbranched alkanes of at least 4 members (excludes halogenated alkanes) is 2. The summed E-state index contributed by atoms with van der Waals surface area (Å²) in [6, 6.07) is 3.60. The Labute approximate surface area is 146 Å². The minimum absolute atomic E-state index is 0.110. The molecule has 0 saturated heterocycles. The highest BCUT2D eigenvalue weighted by atomic mass is 16.5. The van der Waals surface area contributed by atoms with E-state index in [1.165, 1.54) is 0 Å². The summed E-state index contributed by atoms with van der Waals surface area (Å²) in [4.78, 5) is 17.2. The maximum atomic E-state index is 12.8. The van der Waals surface area contributed by atoms with Crippen molar-refractivity contribution in [1.29, 1.82) is 0 Å². The van der Waals surface area contributed by atoms with Crippen molar-refractivity contribution in [3.8, 4) is 5.88 Å². The van der Waals surface area contributed by atoms with Gasteiger partial charge in [0.1, 0.15) is 5.60 Å². The second kappa shape index (κ2) is 10.3. The molecule has 0 aliphatic rings. The standard InChI is InChI=1S/C19H32N2O3/c1-6-9-10-13-19(5,24-14-7-2)18(22)21-16-11-12-17(23-8-3)20-15(16)4/h11-12H,6-10,13-14H2,1-5H3,(H,21,22). The lowest BCUT2D eigenvalue weighted by molar-refractivity contribution is -0.140. The van der Waals surface area contributed by atoms with Gasteiger partial charge in [-0.2, -0.15) is 0 Å². The summed E-state index contributed by atoms with van der Waals surface area (Å²) < 4.78 is 11.3. The van der Waals surface area contributed by atoms with Gasteiger partial charge >= 0.3 is 0 Å². The summed E-state index contributed by atoms with van der Waals surface area (Å²) in [6.07, 6.45) is 4.80. The summed E-state index contributed by atoms with van der Waals surface area (Å²) in [5, 5.41) is 2.97. The Hall–Kier alpha value is -1.62. The Balaban J connectivity index is 2.82. The Kier molecular flexibility index (Phi) is 8.76. The van der Waals surface area contributed by atoms with Crippen LogP contribution in [0, 0.1) is 6.92 Å². The summed E-state index contributed by atoms with van der Waals surface area (Å²) >= 11 is 0. The zero-order valence-corrected chi connectivity index (χ0v) is 15.8. The molecule has 1 heterocycles. The van der Waals surface area contributed by atoms with Crippen LogP contribution in [0.5, 0.6) is 5.88 Å². The smallest absolute Gasteiger partial charge is 0.256 e. The van der Waals surface area contributed by atoms with Crippen LogP contribution in [-0.4, -0.2) is 29.7 Å². The highest BCUT2D eigenvalue weighted by molar-refractivity contribution is 5.97. The Morgan fingerprint density at radius 3 is 2.54 bits per heavy atom. The lowest BCUT2D eigenvalue weighted by atomic mass is 9.96. The molecule has 1 aromatic heterocycles. The Morgan fingerprint density at radius 2 is 1.96 bits per heavy atom. The predicted octanol–water partition coefficient (Wildman–Crippen LogP) is 4.49. The molecule has 1 rings (SSSR count). The average molecular weight is 336 g/mol. The molecule has 1 unspecified atom stereocenters. The van der Waals surface area contributed by atoms with Gasteiger partial charge in [0.25, 0.3) is 5.91 Å². The van der Waals surface area contributed by atoms with Gasteiger partial charge in [0.15, 0.2) is 0 Å². The third kappa shape index (κ3) is 6.11. The number of hydrogen-bond donors (Lipinski definition) is 1. The molecule has 0 saturated carbocycles. The van der Waals surface area contributed by atoms with Gasteiger partial charge in [0.2, 0.25) is 5.88 Å². The molecular formula is C19H32N2O3. The number of pyridine rings is 1. The van der Waals surface area contributed by atoms with E-state index in [2.05, 4.69) is 17.2 Å². The van der Waals surface area contributed by atoms with Crippen LogP contribution in [0.4, 0.5) is 5.69 Å². The fourth-order valence-corrected chi connectivity index (χ4v) is 2.44. The van der Waals surface area contributed by atoms with Crippen molar-refractivity contribution in [3.63, 3.8) is 0 Å². The van der Waals surface area contributed by atoms with Crippen molar-refractivity contribution in [1.82, 2.24) is 4.98 Å². The number of nitrogens with one attached hydrogen (secondary N) is 1. The molecule has 1 amide bonds. The van der Waals surface area contributed by atoms with Crippen molar-refractivity contribution in [2.24, 2.45) is 0 Å². The molecule has 0 aliphatic heterocycles. The molecule has 1 atom stereocenters. The van der Waals surface area contributed by atoms with E-state index in [-0.39, 0.29) is 5.91 Å². The summed E-state index contributed by atoms with van der Waals surface area (Å²) in [5.74, 6) is 0.460. The van der Waals surface area contributed by atoms with Gasteiger partial charge in [-0.1, -0.05) is 33.1 Å². The topological polar surface area (TPSA) is 60.5 Å². The first-order valence-corrected chi connectivity index (χ1v) is 9.02. The molecule has 1 N–H and O–H groups in total. The molecule has 0 radical (unpaired) electrons. The summed E-state index contributed by atoms with van der Waals surface area (Å²) in [6.45, 7) is 11.0. The fraction of sp³-hybridized carbons (Fsp3) is 0.684. The van der Waals surface area contributed by atoms with Crippen LogP contribution in [-0.2, 0) is 9.53 Å². The number of anilines is 1. The van der Waals surface area contributed by atoms with Crippen LogP contribution < -0.4 is 10.1 Å². The van der Waals surface area contributed by atoms with E-state index in [9.17, 15) is 4.79 Å². The van der Waals surface area contributed by atoms with Crippen LogP contribution in [0.15, 0.2) is 12.1 Å². The maximum absolute atomic E-state index is 12.8. The average Bonchev–Trinajstić information content (AvgIpc) is 2.56. The quantitative estimate of drug-likeness (QED) is 0.605. The van der Waals surface area contributed by atoms with Crippen molar-refractivity contribution in [2.75, 3.05) is 18.5 Å². The van der Waals surface area contributed by atoms with E-state index in [0.717, 1.165) is 37.8 Å². The number of carbonyl (C=O) groups excluding carboxylic acids is 1. The van der Waals surface area contributed by atoms with Crippen LogP contribution in [0.3, 0.4) is 0 Å². The first-order chi connectivity index (χ1) is 11.5. The first-order valence-electron chi connectivity index (χ1n) is 9.02. The van der Waals surface area contributed by atoms with E-state index in [1.807, 2.05) is 33.8 Å². The molecule has 5 nitrogen and oxygen atoms in total. The number of nitrogens with zero attached hydrogens (tertiary/aromatic N) is 1. The van der Waals surface area contributed by atoms with Crippen LogP contribution in [0.1, 0.15) is 65.5 Å². The third-order valence-electron chi connectivity index (χ3n) is 3.96. The number of rotatable bonds is 11. The van der Waals surface area contributed by atoms with Gasteiger partial charge in [-0.25, -0.2) is 4.98 Å². The number of hydrogen-bond acceptors (Lipinski definition) is 4. The molecule has 1 aromatic rings. The van der Waals surface area contributed by atoms with Crippen molar-refractivity contribution in [2.45, 2.75) is 72.3 Å². The van der Waals surface area contributed by atoms with Gasteiger partial charge in [-0.3, -0.25) is 4.79 Å². The van der Waals surface area contributed by atoms with Crippen LogP contribution in [0.2, 0.25) is 0 Å². The van der Waals surface area contributed by atoms with Crippen molar-refractivity contribution >= 4 is 11.6 Å². The van der Waals surface area contributed by atoms with Gasteiger partial charge in [0.05, 0.1) is 18.0 Å². The molecule has 136 valence electrons. The van der Waals surface area contributed by atoms with E-state index in [0.29, 0.717) is 24.8 Å².